The molecule has 2 aromatic heterocycles. The normalized spacial score (nSPS) is 10.4. The maximum Gasteiger partial charge on any atom is 0.331 e. The SMILES string of the molecule is O=c1cc(O)n(Cc2ccoc2)c(=O)[nH]1. The molecule has 0 bridgehead atoms. The summed E-state index contributed by atoms with van der Waals surface area (Å²) in [7, 11) is 0. The van der Waals surface area contributed by atoms with Crippen LogP contribution in [0.4, 0.5) is 0 Å². The predicted molar refractivity (Wildman–Crippen MR) is 50.8 cm³/mol. The fourth-order valence-electron chi connectivity index (χ4n) is 1.23. The van der Waals surface area contributed by atoms with E-state index in [-0.39, 0.29) is 12.4 Å². The summed E-state index contributed by atoms with van der Waals surface area (Å²) < 4.78 is 5.86. The lowest BCUT2D eigenvalue weighted by molar-refractivity contribution is 0.409. The number of rotatable bonds is 2. The van der Waals surface area contributed by atoms with Gasteiger partial charge in [0, 0.05) is 5.56 Å². The van der Waals surface area contributed by atoms with Gasteiger partial charge in [-0.1, -0.05) is 0 Å². The Labute approximate surface area is 83.4 Å². The molecule has 0 atom stereocenters. The molecule has 6 nitrogen and oxygen atoms in total. The smallest absolute Gasteiger partial charge is 0.331 e. The van der Waals surface area contributed by atoms with Gasteiger partial charge in [-0.05, 0) is 6.07 Å². The van der Waals surface area contributed by atoms with Crippen LogP contribution in [-0.2, 0) is 6.54 Å². The Bertz CT molecular complexity index is 565. The average Bonchev–Trinajstić information content (AvgIpc) is 2.63. The highest BCUT2D eigenvalue weighted by Gasteiger charge is 2.05. The van der Waals surface area contributed by atoms with Gasteiger partial charge in [-0.15, -0.1) is 0 Å². The first-order valence-electron chi connectivity index (χ1n) is 4.21. The van der Waals surface area contributed by atoms with Crippen LogP contribution in [0.25, 0.3) is 0 Å². The third-order valence-corrected chi connectivity index (χ3v) is 1.93. The Kier molecular flexibility index (Phi) is 2.17. The number of nitrogens with one attached hydrogen (secondary N) is 1. The minimum Gasteiger partial charge on any atom is -0.494 e. The highest BCUT2D eigenvalue weighted by molar-refractivity contribution is 5.12. The summed E-state index contributed by atoms with van der Waals surface area (Å²) in [6.45, 7) is 0.151. The van der Waals surface area contributed by atoms with Gasteiger partial charge in [0.2, 0.25) is 5.88 Å². The monoisotopic (exact) mass is 208 g/mol. The van der Waals surface area contributed by atoms with Crippen LogP contribution in [0.5, 0.6) is 5.88 Å². The van der Waals surface area contributed by atoms with E-state index in [1.807, 2.05) is 0 Å². The van der Waals surface area contributed by atoms with Crippen molar-refractivity contribution >= 4 is 0 Å². The maximum atomic E-state index is 11.3. The molecule has 2 N–H and O–H groups in total. The van der Waals surface area contributed by atoms with Crippen molar-refractivity contribution in [3.8, 4) is 5.88 Å². The number of H-pyrrole nitrogens is 1. The quantitative estimate of drug-likeness (QED) is 0.720. The molecule has 0 aliphatic carbocycles. The van der Waals surface area contributed by atoms with Gasteiger partial charge in [-0.2, -0.15) is 0 Å². The molecular weight excluding hydrogens is 200 g/mol. The van der Waals surface area contributed by atoms with Crippen molar-refractivity contribution in [2.75, 3.05) is 0 Å². The minimum atomic E-state index is -0.652. The molecule has 78 valence electrons. The van der Waals surface area contributed by atoms with Crippen molar-refractivity contribution in [3.05, 3.63) is 51.1 Å². The van der Waals surface area contributed by atoms with Crippen molar-refractivity contribution < 1.29 is 9.52 Å². The van der Waals surface area contributed by atoms with Crippen LogP contribution in [-0.4, -0.2) is 14.7 Å². The van der Waals surface area contributed by atoms with E-state index in [9.17, 15) is 14.7 Å². The molecule has 0 aliphatic rings. The molecule has 0 spiro atoms. The second-order valence-electron chi connectivity index (χ2n) is 3.01. The summed E-state index contributed by atoms with van der Waals surface area (Å²) >= 11 is 0. The fourth-order valence-corrected chi connectivity index (χ4v) is 1.23. The van der Waals surface area contributed by atoms with Crippen LogP contribution in [0.15, 0.2) is 38.7 Å². The Morgan fingerprint density at radius 1 is 1.47 bits per heavy atom. The van der Waals surface area contributed by atoms with Crippen LogP contribution in [0, 0.1) is 0 Å². The minimum absolute atomic E-state index is 0.151. The lowest BCUT2D eigenvalue weighted by Gasteiger charge is -2.04. The second-order valence-corrected chi connectivity index (χ2v) is 3.01. The van der Waals surface area contributed by atoms with E-state index in [1.54, 1.807) is 6.07 Å². The second kappa shape index (κ2) is 3.49. The van der Waals surface area contributed by atoms with Gasteiger partial charge in [-0.25, -0.2) is 4.79 Å². The summed E-state index contributed by atoms with van der Waals surface area (Å²) in [6, 6.07) is 2.61. The van der Waals surface area contributed by atoms with Crippen LogP contribution in [0.2, 0.25) is 0 Å². The topological polar surface area (TPSA) is 88.2 Å². The van der Waals surface area contributed by atoms with Crippen molar-refractivity contribution in [1.29, 1.82) is 0 Å². The average molecular weight is 208 g/mol. The molecule has 2 rings (SSSR count). The molecular formula is C9H8N2O4. The van der Waals surface area contributed by atoms with Gasteiger partial charge >= 0.3 is 5.69 Å². The molecule has 6 heteroatoms. The molecule has 0 aliphatic heterocycles. The Morgan fingerprint density at radius 3 is 2.87 bits per heavy atom. The number of hydrogen-bond donors (Lipinski definition) is 2. The zero-order valence-electron chi connectivity index (χ0n) is 7.64. The third kappa shape index (κ3) is 1.83. The molecule has 0 radical (unpaired) electrons. The summed E-state index contributed by atoms with van der Waals surface area (Å²) in [5, 5.41) is 9.38. The molecule has 2 heterocycles. The lowest BCUT2D eigenvalue weighted by Crippen LogP contribution is -2.29. The van der Waals surface area contributed by atoms with Gasteiger partial charge in [0.15, 0.2) is 0 Å². The van der Waals surface area contributed by atoms with E-state index in [0.717, 1.165) is 16.2 Å². The van der Waals surface area contributed by atoms with Crippen molar-refractivity contribution in [2.45, 2.75) is 6.54 Å². The molecule has 2 aromatic rings. The number of furan rings is 1. The molecule has 0 saturated carbocycles. The summed E-state index contributed by atoms with van der Waals surface area (Å²) in [5.74, 6) is -0.370. The summed E-state index contributed by atoms with van der Waals surface area (Å²) in [6.07, 6.45) is 2.92. The predicted octanol–water partition coefficient (Wildman–Crippen LogP) is -0.117. The summed E-state index contributed by atoms with van der Waals surface area (Å²) in [4.78, 5) is 24.2. The standard InChI is InChI=1S/C9H8N2O4/c12-7-3-8(13)11(9(14)10-7)4-6-1-2-15-5-6/h1-3,5,13H,4H2,(H,10,12,14). The lowest BCUT2D eigenvalue weighted by atomic mass is 10.3. The van der Waals surface area contributed by atoms with E-state index < -0.39 is 11.2 Å². The number of nitrogens with zero attached hydrogens (tertiary/aromatic N) is 1. The first-order chi connectivity index (χ1) is 7.16. The Hall–Kier alpha value is -2.24. The molecule has 0 fully saturated rings. The molecule has 15 heavy (non-hydrogen) atoms. The van der Waals surface area contributed by atoms with E-state index >= 15 is 0 Å². The Balaban J connectivity index is 2.45. The van der Waals surface area contributed by atoms with Crippen LogP contribution >= 0.6 is 0 Å². The highest BCUT2D eigenvalue weighted by Crippen LogP contribution is 2.06. The molecule has 0 amide bonds. The highest BCUT2D eigenvalue weighted by atomic mass is 16.3. The molecule has 0 saturated heterocycles. The van der Waals surface area contributed by atoms with E-state index in [0.29, 0.717) is 0 Å². The zero-order chi connectivity index (χ0) is 10.8. The van der Waals surface area contributed by atoms with E-state index in [4.69, 9.17) is 4.42 Å². The first-order valence-corrected chi connectivity index (χ1v) is 4.21. The van der Waals surface area contributed by atoms with Crippen LogP contribution in [0.3, 0.4) is 0 Å². The Morgan fingerprint density at radius 2 is 2.27 bits per heavy atom. The number of aromatic amines is 1. The van der Waals surface area contributed by atoms with Crippen LogP contribution < -0.4 is 11.2 Å². The van der Waals surface area contributed by atoms with E-state index in [1.165, 1.54) is 12.5 Å². The molecule has 0 unspecified atom stereocenters. The number of aromatic nitrogens is 2. The summed E-state index contributed by atoms with van der Waals surface area (Å²) in [5.41, 5.74) is -0.554. The first kappa shape index (κ1) is 9.32. The third-order valence-electron chi connectivity index (χ3n) is 1.93. The van der Waals surface area contributed by atoms with Gasteiger partial charge in [0.05, 0.1) is 25.1 Å². The fraction of sp³-hybridized carbons (Fsp3) is 0.111. The van der Waals surface area contributed by atoms with E-state index in [2.05, 4.69) is 4.98 Å². The largest absolute Gasteiger partial charge is 0.494 e. The van der Waals surface area contributed by atoms with Crippen molar-refractivity contribution in [2.24, 2.45) is 0 Å². The van der Waals surface area contributed by atoms with Crippen LogP contribution in [0.1, 0.15) is 5.56 Å². The molecule has 0 aromatic carbocycles. The van der Waals surface area contributed by atoms with Crippen molar-refractivity contribution in [3.63, 3.8) is 0 Å². The number of hydrogen-bond acceptors (Lipinski definition) is 4. The van der Waals surface area contributed by atoms with Gasteiger partial charge in [-0.3, -0.25) is 14.3 Å². The van der Waals surface area contributed by atoms with Crippen molar-refractivity contribution in [1.82, 2.24) is 9.55 Å². The van der Waals surface area contributed by atoms with Gasteiger partial charge in [0.1, 0.15) is 0 Å². The van der Waals surface area contributed by atoms with Gasteiger partial charge < -0.3 is 9.52 Å². The maximum absolute atomic E-state index is 11.3. The van der Waals surface area contributed by atoms with Gasteiger partial charge in [0.25, 0.3) is 5.56 Å². The zero-order valence-corrected chi connectivity index (χ0v) is 7.64. The number of aromatic hydroxyl groups is 1.